The first-order chi connectivity index (χ1) is 8.91. The fourth-order valence-electron chi connectivity index (χ4n) is 0.431. The molecule has 0 rings (SSSR count). The number of nitrogens with zero attached hydrogens (tertiary/aromatic N) is 5. The number of hydrogen-bond donors (Lipinski definition) is 3. The molecule has 9 heteroatoms. The Labute approximate surface area is 125 Å². The fourth-order valence-corrected chi connectivity index (χ4v) is 0.431. The van der Waals surface area contributed by atoms with E-state index in [9.17, 15) is 0 Å². The molecule has 103 valence electrons. The Balaban J connectivity index is -0.0000000223. The maximum Gasteiger partial charge on any atom is 5.00 e. The van der Waals surface area contributed by atoms with Crippen LogP contribution in [0.25, 0.3) is 0 Å². The van der Waals surface area contributed by atoms with Crippen LogP contribution < -0.4 is 11.1 Å². The SMILES string of the molecule is NCCCNCCO.[C-]#N.[C-]#N.[C-]#N.[C-]#N.[C-]#N.[Fe+5]. The van der Waals surface area contributed by atoms with Crippen molar-refractivity contribution in [1.29, 1.82) is 26.3 Å². The molecule has 0 aromatic rings. The number of nitrogens with two attached hydrogens (primary N) is 1. The molecule has 0 aliphatic heterocycles. The maximum atomic E-state index is 8.27. The Morgan fingerprint density at radius 2 is 1.11 bits per heavy atom. The second kappa shape index (κ2) is 236. The van der Waals surface area contributed by atoms with Crippen LogP contribution in [0.2, 0.25) is 0 Å². The van der Waals surface area contributed by atoms with Crippen LogP contribution in [-0.4, -0.2) is 31.3 Å². The maximum absolute atomic E-state index is 8.27. The fraction of sp³-hybridized carbons (Fsp3) is 0.500. The third-order valence-electron chi connectivity index (χ3n) is 0.846. The Morgan fingerprint density at radius 3 is 1.32 bits per heavy atom. The molecule has 0 saturated carbocycles. The van der Waals surface area contributed by atoms with Gasteiger partial charge >= 0.3 is 17.1 Å². The normalized spacial score (nSPS) is 4.63. The van der Waals surface area contributed by atoms with Crippen molar-refractivity contribution in [2.45, 2.75) is 6.42 Å². The van der Waals surface area contributed by atoms with Gasteiger partial charge in [0.1, 0.15) is 0 Å². The molecule has 0 unspecified atom stereocenters. The van der Waals surface area contributed by atoms with Gasteiger partial charge in [-0.15, -0.1) is 0 Å². The minimum Gasteiger partial charge on any atom is -0.512 e. The van der Waals surface area contributed by atoms with Gasteiger partial charge in [-0.3, -0.25) is 0 Å². The molecular formula is C10H14FeN7O. The molecule has 0 heterocycles. The number of aliphatic hydroxyl groups is 1. The smallest absolute Gasteiger partial charge is 0.512 e. The van der Waals surface area contributed by atoms with Crippen LogP contribution in [0.5, 0.6) is 0 Å². The van der Waals surface area contributed by atoms with E-state index in [-0.39, 0.29) is 23.7 Å². The third-order valence-corrected chi connectivity index (χ3v) is 0.846. The Morgan fingerprint density at radius 1 is 0.789 bits per heavy atom. The predicted octanol–water partition coefficient (Wildman–Crippen LogP) is -0.604. The summed E-state index contributed by atoms with van der Waals surface area (Å²) >= 11 is 0. The van der Waals surface area contributed by atoms with E-state index in [2.05, 4.69) is 5.32 Å². The zero-order valence-corrected chi connectivity index (χ0v) is 11.3. The summed E-state index contributed by atoms with van der Waals surface area (Å²) in [4.78, 5) is 0. The van der Waals surface area contributed by atoms with Crippen molar-refractivity contribution in [2.75, 3.05) is 26.2 Å². The average Bonchev–Trinajstić information content (AvgIpc) is 2.54. The van der Waals surface area contributed by atoms with Crippen molar-refractivity contribution >= 4 is 0 Å². The molecular weight excluding hydrogens is 290 g/mol. The molecule has 19 heavy (non-hydrogen) atoms. The molecule has 1 radical (unpaired) electrons. The second-order valence-corrected chi connectivity index (χ2v) is 1.62. The molecule has 4 N–H and O–H groups in total. The molecule has 0 saturated heterocycles. The summed E-state index contributed by atoms with van der Waals surface area (Å²) in [5, 5.41) is 42.5. The number of rotatable bonds is 5. The number of nitrogens with one attached hydrogen (secondary N) is 1. The van der Waals surface area contributed by atoms with Gasteiger partial charge in [-0.1, -0.05) is 0 Å². The Kier molecular flexibility index (Phi) is 542. The number of hydrogen-bond acceptors (Lipinski definition) is 8. The summed E-state index contributed by atoms with van der Waals surface area (Å²) in [5.41, 5.74) is 5.21. The van der Waals surface area contributed by atoms with E-state index in [1.807, 2.05) is 0 Å². The van der Waals surface area contributed by atoms with Crippen LogP contribution >= 0.6 is 0 Å². The molecule has 0 bridgehead atoms. The van der Waals surface area contributed by atoms with E-state index in [1.54, 1.807) is 0 Å². The van der Waals surface area contributed by atoms with Gasteiger partial charge in [-0.2, -0.15) is 0 Å². The van der Waals surface area contributed by atoms with Crippen LogP contribution in [-0.2, 0) is 17.1 Å². The molecule has 0 aromatic carbocycles. The summed E-state index contributed by atoms with van der Waals surface area (Å²) in [6.07, 6.45) is 0.986. The van der Waals surface area contributed by atoms with Crippen molar-refractivity contribution in [3.63, 3.8) is 0 Å². The summed E-state index contributed by atoms with van der Waals surface area (Å²) in [6.45, 7) is 26.3. The summed E-state index contributed by atoms with van der Waals surface area (Å²) in [7, 11) is 0. The van der Waals surface area contributed by atoms with Gasteiger partial charge in [-0.05, 0) is 19.5 Å². The van der Waals surface area contributed by atoms with Crippen LogP contribution in [0.1, 0.15) is 6.42 Å². The number of aliphatic hydroxyl groups excluding tert-OH is 1. The molecule has 0 aromatic heterocycles. The van der Waals surface area contributed by atoms with Gasteiger partial charge < -0.3 is 75.3 Å². The van der Waals surface area contributed by atoms with E-state index in [0.29, 0.717) is 6.54 Å². The van der Waals surface area contributed by atoms with E-state index in [0.717, 1.165) is 19.5 Å². The van der Waals surface area contributed by atoms with Gasteiger partial charge in [0, 0.05) is 6.54 Å². The average molecular weight is 304 g/mol. The molecule has 0 amide bonds. The van der Waals surface area contributed by atoms with Gasteiger partial charge in [0.05, 0.1) is 6.61 Å². The standard InChI is InChI=1S/C5H14N2O.5CN.Fe/c6-2-1-3-7-4-5-8;5*1-2;/h7-8H,1-6H2;;;;;;/q;5*-1;+5. The zero-order valence-electron chi connectivity index (χ0n) is 10.1. The van der Waals surface area contributed by atoms with E-state index in [4.69, 9.17) is 70.0 Å². The van der Waals surface area contributed by atoms with Gasteiger partial charge in [0.2, 0.25) is 0 Å². The van der Waals surface area contributed by atoms with E-state index >= 15 is 0 Å². The third kappa shape index (κ3) is 374. The van der Waals surface area contributed by atoms with Crippen LogP contribution in [0.3, 0.4) is 0 Å². The van der Waals surface area contributed by atoms with Crippen molar-refractivity contribution < 1.29 is 22.2 Å². The summed E-state index contributed by atoms with van der Waals surface area (Å²) in [6, 6.07) is 0. The molecule has 0 atom stereocenters. The Bertz CT molecular complexity index is 148. The molecule has 0 aliphatic rings. The summed E-state index contributed by atoms with van der Waals surface area (Å²) < 4.78 is 0. The van der Waals surface area contributed by atoms with Gasteiger partial charge in [0.25, 0.3) is 0 Å². The first-order valence-electron chi connectivity index (χ1n) is 4.05. The van der Waals surface area contributed by atoms with Crippen molar-refractivity contribution in [2.24, 2.45) is 5.73 Å². The monoisotopic (exact) mass is 304 g/mol. The quantitative estimate of drug-likeness (QED) is 0.342. The molecule has 0 aliphatic carbocycles. The first kappa shape index (κ1) is 43.6. The van der Waals surface area contributed by atoms with Crippen LogP contribution in [0.15, 0.2) is 0 Å². The molecule has 0 spiro atoms. The minimum absolute atomic E-state index is 0. The minimum atomic E-state index is 0. The largest absolute Gasteiger partial charge is 5.00 e. The van der Waals surface area contributed by atoms with Crippen molar-refractivity contribution in [3.05, 3.63) is 32.9 Å². The second-order valence-electron chi connectivity index (χ2n) is 1.62. The topological polar surface area (TPSA) is 177 Å². The van der Waals surface area contributed by atoms with Gasteiger partial charge in [-0.25, -0.2) is 0 Å². The van der Waals surface area contributed by atoms with Gasteiger partial charge in [0.15, 0.2) is 0 Å². The van der Waals surface area contributed by atoms with E-state index in [1.165, 1.54) is 0 Å². The summed E-state index contributed by atoms with van der Waals surface area (Å²) in [5.74, 6) is 0. The zero-order chi connectivity index (χ0) is 16.2. The molecule has 8 nitrogen and oxygen atoms in total. The van der Waals surface area contributed by atoms with Crippen molar-refractivity contribution in [3.8, 4) is 0 Å². The first-order valence-corrected chi connectivity index (χ1v) is 4.05. The Hall–Kier alpha value is -2.15. The van der Waals surface area contributed by atoms with Crippen molar-refractivity contribution in [1.82, 2.24) is 5.32 Å². The van der Waals surface area contributed by atoms with E-state index < -0.39 is 0 Å². The van der Waals surface area contributed by atoms with Crippen LogP contribution in [0, 0.1) is 59.2 Å². The predicted molar refractivity (Wildman–Crippen MR) is 58.5 cm³/mol. The van der Waals surface area contributed by atoms with Crippen LogP contribution in [0.4, 0.5) is 0 Å². The molecule has 0 fully saturated rings.